The first-order valence-corrected chi connectivity index (χ1v) is 11.4. The highest BCUT2D eigenvalue weighted by atomic mass is 19.1. The molecule has 0 N–H and O–H groups in total. The molecular weight excluding hydrogens is 452 g/mol. The number of aromatic nitrogens is 2. The molecule has 0 unspecified atom stereocenters. The van der Waals surface area contributed by atoms with Crippen molar-refractivity contribution in [1.82, 2.24) is 14.5 Å². The van der Waals surface area contributed by atoms with E-state index in [4.69, 9.17) is 14.5 Å². The zero-order valence-corrected chi connectivity index (χ0v) is 19.5. The van der Waals surface area contributed by atoms with E-state index in [0.29, 0.717) is 54.3 Å². The molecule has 1 fully saturated rings. The Morgan fingerprint density at radius 3 is 2.37 bits per heavy atom. The summed E-state index contributed by atoms with van der Waals surface area (Å²) in [5, 5.41) is 0. The number of amides is 1. The SMILES string of the molecule is COc1ccc(-c2nc3cc(F)ccc3n2C2CCN(C(=O)c3cccc(F)c3)CC2)cc1OC. The Kier molecular flexibility index (Phi) is 6.11. The summed E-state index contributed by atoms with van der Waals surface area (Å²) in [5.74, 6) is 0.917. The van der Waals surface area contributed by atoms with Crippen LogP contribution in [0.1, 0.15) is 29.2 Å². The van der Waals surface area contributed by atoms with Crippen LogP contribution in [0.15, 0.2) is 60.7 Å². The molecule has 3 aromatic carbocycles. The fourth-order valence-electron chi connectivity index (χ4n) is 4.75. The van der Waals surface area contributed by atoms with Gasteiger partial charge in [-0.15, -0.1) is 0 Å². The van der Waals surface area contributed by atoms with Gasteiger partial charge in [0.25, 0.3) is 5.91 Å². The van der Waals surface area contributed by atoms with Gasteiger partial charge in [-0.1, -0.05) is 6.07 Å². The standard InChI is InChI=1S/C27H25F2N3O3/c1-34-24-9-6-17(15-25(24)35-2)26-30-22-16-20(29)7-8-23(22)32(26)21-10-12-31(13-11-21)27(33)18-4-3-5-19(28)14-18/h3-9,14-16,21H,10-13H2,1-2H3. The fourth-order valence-corrected chi connectivity index (χ4v) is 4.75. The molecule has 6 nitrogen and oxygen atoms in total. The Labute approximate surface area is 201 Å². The van der Waals surface area contributed by atoms with E-state index in [1.165, 1.54) is 24.3 Å². The number of fused-ring (bicyclic) bond motifs is 1. The molecule has 1 aliphatic rings. The molecule has 2 heterocycles. The highest BCUT2D eigenvalue weighted by Gasteiger charge is 2.28. The number of carbonyl (C=O) groups is 1. The number of ether oxygens (including phenoxy) is 2. The molecule has 35 heavy (non-hydrogen) atoms. The Balaban J connectivity index is 1.48. The van der Waals surface area contributed by atoms with Crippen LogP contribution in [0.4, 0.5) is 8.78 Å². The third kappa shape index (κ3) is 4.32. The number of piperidine rings is 1. The molecule has 1 aliphatic heterocycles. The Hall–Kier alpha value is -3.94. The average Bonchev–Trinajstić information content (AvgIpc) is 3.26. The van der Waals surface area contributed by atoms with Crippen LogP contribution in [0.5, 0.6) is 11.5 Å². The number of benzene rings is 3. The maximum atomic E-state index is 14.0. The number of halogens is 2. The van der Waals surface area contributed by atoms with Crippen molar-refractivity contribution in [1.29, 1.82) is 0 Å². The van der Waals surface area contributed by atoms with Gasteiger partial charge in [0.2, 0.25) is 0 Å². The Morgan fingerprint density at radius 2 is 1.66 bits per heavy atom. The van der Waals surface area contributed by atoms with E-state index >= 15 is 0 Å². The molecular formula is C27H25F2N3O3. The van der Waals surface area contributed by atoms with Gasteiger partial charge in [-0.05, 0) is 61.4 Å². The average molecular weight is 478 g/mol. The first-order chi connectivity index (χ1) is 17.0. The van der Waals surface area contributed by atoms with E-state index in [1.54, 1.807) is 37.3 Å². The van der Waals surface area contributed by atoms with Crippen molar-refractivity contribution in [3.8, 4) is 22.9 Å². The minimum absolute atomic E-state index is 0.0464. The van der Waals surface area contributed by atoms with E-state index in [0.717, 1.165) is 11.1 Å². The highest BCUT2D eigenvalue weighted by Crippen LogP contribution is 2.37. The third-order valence-electron chi connectivity index (χ3n) is 6.48. The lowest BCUT2D eigenvalue weighted by Gasteiger charge is -2.33. The Morgan fingerprint density at radius 1 is 0.914 bits per heavy atom. The third-order valence-corrected chi connectivity index (χ3v) is 6.48. The largest absolute Gasteiger partial charge is 0.493 e. The zero-order valence-electron chi connectivity index (χ0n) is 19.5. The van der Waals surface area contributed by atoms with E-state index in [9.17, 15) is 13.6 Å². The van der Waals surface area contributed by atoms with Crippen LogP contribution in [-0.2, 0) is 0 Å². The summed E-state index contributed by atoms with van der Waals surface area (Å²) in [6.07, 6.45) is 1.37. The summed E-state index contributed by atoms with van der Waals surface area (Å²) in [6.45, 7) is 1.04. The van der Waals surface area contributed by atoms with Crippen molar-refractivity contribution in [2.24, 2.45) is 0 Å². The second-order valence-electron chi connectivity index (χ2n) is 8.54. The number of nitrogens with zero attached hydrogens (tertiary/aromatic N) is 3. The molecule has 4 aromatic rings. The van der Waals surface area contributed by atoms with Gasteiger partial charge in [0.15, 0.2) is 11.5 Å². The molecule has 0 aliphatic carbocycles. The van der Waals surface area contributed by atoms with Crippen LogP contribution >= 0.6 is 0 Å². The second kappa shape index (κ2) is 9.37. The van der Waals surface area contributed by atoms with E-state index in [-0.39, 0.29) is 17.8 Å². The van der Waals surface area contributed by atoms with Gasteiger partial charge in [-0.25, -0.2) is 13.8 Å². The maximum Gasteiger partial charge on any atom is 0.253 e. The van der Waals surface area contributed by atoms with E-state index in [1.807, 2.05) is 18.2 Å². The topological polar surface area (TPSA) is 56.6 Å². The molecule has 1 saturated heterocycles. The second-order valence-corrected chi connectivity index (χ2v) is 8.54. The van der Waals surface area contributed by atoms with Gasteiger partial charge in [-0.2, -0.15) is 0 Å². The molecule has 0 bridgehead atoms. The number of rotatable bonds is 5. The molecule has 180 valence electrons. The van der Waals surface area contributed by atoms with Crippen molar-refractivity contribution >= 4 is 16.9 Å². The van der Waals surface area contributed by atoms with E-state index < -0.39 is 5.82 Å². The van der Waals surface area contributed by atoms with Crippen molar-refractivity contribution in [2.75, 3.05) is 27.3 Å². The van der Waals surface area contributed by atoms with Gasteiger partial charge in [0.1, 0.15) is 17.5 Å². The Bertz CT molecular complexity index is 1390. The fraction of sp³-hybridized carbons (Fsp3) is 0.259. The molecule has 1 amide bonds. The number of hydrogen-bond donors (Lipinski definition) is 0. The molecule has 0 radical (unpaired) electrons. The van der Waals surface area contributed by atoms with Gasteiger partial charge in [0.05, 0.1) is 25.3 Å². The number of methoxy groups -OCH3 is 2. The van der Waals surface area contributed by atoms with Crippen molar-refractivity contribution < 1.29 is 23.0 Å². The smallest absolute Gasteiger partial charge is 0.253 e. The lowest BCUT2D eigenvalue weighted by atomic mass is 10.0. The summed E-state index contributed by atoms with van der Waals surface area (Å²) >= 11 is 0. The van der Waals surface area contributed by atoms with Gasteiger partial charge in [-0.3, -0.25) is 4.79 Å². The lowest BCUT2D eigenvalue weighted by molar-refractivity contribution is 0.0696. The minimum atomic E-state index is -0.428. The van der Waals surface area contributed by atoms with Gasteiger partial charge in [0, 0.05) is 36.3 Å². The van der Waals surface area contributed by atoms with Gasteiger partial charge < -0.3 is 18.9 Å². The summed E-state index contributed by atoms with van der Waals surface area (Å²) in [7, 11) is 3.15. The zero-order chi connectivity index (χ0) is 24.5. The number of carbonyl (C=O) groups excluding carboxylic acids is 1. The normalized spacial score (nSPS) is 14.3. The van der Waals surface area contributed by atoms with Crippen LogP contribution in [0.3, 0.4) is 0 Å². The molecule has 1 aromatic heterocycles. The molecule has 0 spiro atoms. The molecule has 8 heteroatoms. The molecule has 0 atom stereocenters. The van der Waals surface area contributed by atoms with Crippen molar-refractivity contribution in [3.63, 3.8) is 0 Å². The monoisotopic (exact) mass is 477 g/mol. The maximum absolute atomic E-state index is 14.0. The van der Waals surface area contributed by atoms with Crippen molar-refractivity contribution in [2.45, 2.75) is 18.9 Å². The van der Waals surface area contributed by atoms with Crippen LogP contribution in [-0.4, -0.2) is 47.7 Å². The molecule has 5 rings (SSSR count). The van der Waals surface area contributed by atoms with E-state index in [2.05, 4.69) is 4.57 Å². The number of imidazole rings is 1. The quantitative estimate of drug-likeness (QED) is 0.382. The summed E-state index contributed by atoms with van der Waals surface area (Å²) in [4.78, 5) is 19.4. The number of likely N-dealkylation sites (tertiary alicyclic amines) is 1. The first-order valence-electron chi connectivity index (χ1n) is 11.4. The van der Waals surface area contributed by atoms with Crippen LogP contribution in [0.2, 0.25) is 0 Å². The molecule has 0 saturated carbocycles. The minimum Gasteiger partial charge on any atom is -0.493 e. The highest BCUT2D eigenvalue weighted by molar-refractivity contribution is 5.94. The van der Waals surface area contributed by atoms with Crippen molar-refractivity contribution in [3.05, 3.63) is 77.9 Å². The van der Waals surface area contributed by atoms with Gasteiger partial charge >= 0.3 is 0 Å². The predicted molar refractivity (Wildman–Crippen MR) is 129 cm³/mol. The summed E-state index contributed by atoms with van der Waals surface area (Å²) < 4.78 is 40.6. The summed E-state index contributed by atoms with van der Waals surface area (Å²) in [6, 6.07) is 16.0. The van der Waals surface area contributed by atoms with Crippen LogP contribution in [0, 0.1) is 11.6 Å². The number of hydrogen-bond acceptors (Lipinski definition) is 4. The lowest BCUT2D eigenvalue weighted by Crippen LogP contribution is -2.39. The van der Waals surface area contributed by atoms with Crippen LogP contribution < -0.4 is 9.47 Å². The van der Waals surface area contributed by atoms with Crippen LogP contribution in [0.25, 0.3) is 22.4 Å². The predicted octanol–water partition coefficient (Wildman–Crippen LogP) is 5.48. The first kappa shape index (κ1) is 22.8. The summed E-state index contributed by atoms with van der Waals surface area (Å²) in [5.41, 5.74) is 2.55.